The maximum atomic E-state index is 13.0. The summed E-state index contributed by atoms with van der Waals surface area (Å²) in [6.45, 7) is 2.70. The van der Waals surface area contributed by atoms with Crippen LogP contribution in [0.2, 0.25) is 5.02 Å². The quantitative estimate of drug-likeness (QED) is 0.651. The Labute approximate surface area is 164 Å². The molecule has 0 aliphatic carbocycles. The molecule has 0 radical (unpaired) electrons. The Balaban J connectivity index is 1.80. The number of nitrogens with zero attached hydrogens (tertiary/aromatic N) is 2. The molecule has 1 heterocycles. The minimum absolute atomic E-state index is 0.00716. The predicted molar refractivity (Wildman–Crippen MR) is 107 cm³/mol. The highest BCUT2D eigenvalue weighted by molar-refractivity contribution is 6.31. The van der Waals surface area contributed by atoms with Gasteiger partial charge in [-0.15, -0.1) is 0 Å². The van der Waals surface area contributed by atoms with Crippen molar-refractivity contribution in [3.8, 4) is 5.75 Å². The third-order valence-electron chi connectivity index (χ3n) is 4.78. The van der Waals surface area contributed by atoms with E-state index in [1.165, 1.54) is 0 Å². The number of ketones is 1. The first-order valence-corrected chi connectivity index (χ1v) is 9.42. The van der Waals surface area contributed by atoms with E-state index in [2.05, 4.69) is 6.92 Å². The molecule has 0 spiro atoms. The third kappa shape index (κ3) is 4.25. The van der Waals surface area contributed by atoms with Gasteiger partial charge in [-0.3, -0.25) is 9.69 Å². The molecule has 2 amide bonds. The largest absolute Gasteiger partial charge is 0.497 e. The average Bonchev–Trinajstić information content (AvgIpc) is 2.98. The average molecular weight is 387 g/mol. The molecule has 0 aromatic heterocycles. The molecule has 1 saturated heterocycles. The lowest BCUT2D eigenvalue weighted by molar-refractivity contribution is 0.0935. The number of hydrogen-bond donors (Lipinski definition) is 0. The van der Waals surface area contributed by atoms with Gasteiger partial charge >= 0.3 is 6.03 Å². The standard InChI is InChI=1S/C21H23ClN2O3/c1-3-5-18-13-23(17-8-10-19(27-2)11-9-17)21(26)24(18)14-20(25)15-6-4-7-16(22)12-15/h4,6-12,18H,3,5,13-14H2,1-2H3/t18-/m0/s1. The number of carbonyl (C=O) groups is 2. The first-order valence-electron chi connectivity index (χ1n) is 9.04. The van der Waals surface area contributed by atoms with Gasteiger partial charge in [0.15, 0.2) is 5.78 Å². The lowest BCUT2D eigenvalue weighted by Gasteiger charge is -2.22. The summed E-state index contributed by atoms with van der Waals surface area (Å²) >= 11 is 5.99. The van der Waals surface area contributed by atoms with Crippen molar-refractivity contribution in [3.63, 3.8) is 0 Å². The van der Waals surface area contributed by atoms with E-state index in [4.69, 9.17) is 16.3 Å². The minimum atomic E-state index is -0.144. The highest BCUT2D eigenvalue weighted by Gasteiger charge is 2.38. The molecular formula is C21H23ClN2O3. The van der Waals surface area contributed by atoms with Crippen LogP contribution >= 0.6 is 11.6 Å². The first kappa shape index (κ1) is 19.2. The summed E-state index contributed by atoms with van der Waals surface area (Å²) in [5.41, 5.74) is 1.33. The maximum absolute atomic E-state index is 13.0. The molecule has 2 aromatic rings. The van der Waals surface area contributed by atoms with Crippen molar-refractivity contribution < 1.29 is 14.3 Å². The second-order valence-corrected chi connectivity index (χ2v) is 7.03. The van der Waals surface area contributed by atoms with Gasteiger partial charge in [0, 0.05) is 22.8 Å². The van der Waals surface area contributed by atoms with Gasteiger partial charge in [0.25, 0.3) is 0 Å². The summed E-state index contributed by atoms with van der Waals surface area (Å²) < 4.78 is 5.18. The molecule has 142 valence electrons. The molecule has 0 saturated carbocycles. The van der Waals surface area contributed by atoms with Crippen LogP contribution in [0, 0.1) is 0 Å². The van der Waals surface area contributed by atoms with E-state index in [9.17, 15) is 9.59 Å². The molecule has 3 rings (SSSR count). The summed E-state index contributed by atoms with van der Waals surface area (Å²) in [4.78, 5) is 29.1. The molecule has 1 fully saturated rings. The van der Waals surface area contributed by atoms with E-state index in [0.717, 1.165) is 24.3 Å². The summed E-state index contributed by atoms with van der Waals surface area (Å²) in [6, 6.07) is 14.1. The van der Waals surface area contributed by atoms with Gasteiger partial charge in [0.1, 0.15) is 5.75 Å². The van der Waals surface area contributed by atoms with Crippen molar-refractivity contribution in [2.45, 2.75) is 25.8 Å². The van der Waals surface area contributed by atoms with Crippen LogP contribution < -0.4 is 9.64 Å². The SMILES string of the molecule is CCC[C@H]1CN(c2ccc(OC)cc2)C(=O)N1CC(=O)c1cccc(Cl)c1. The van der Waals surface area contributed by atoms with Gasteiger partial charge < -0.3 is 9.64 Å². The lowest BCUT2D eigenvalue weighted by atomic mass is 10.1. The summed E-state index contributed by atoms with van der Waals surface area (Å²) in [7, 11) is 1.61. The van der Waals surface area contributed by atoms with E-state index in [0.29, 0.717) is 17.1 Å². The minimum Gasteiger partial charge on any atom is -0.497 e. The second kappa shape index (κ2) is 8.44. The van der Waals surface area contributed by atoms with Gasteiger partial charge in [0.05, 0.1) is 19.7 Å². The Kier molecular flexibility index (Phi) is 6.01. The molecule has 1 atom stereocenters. The molecule has 2 aromatic carbocycles. The van der Waals surface area contributed by atoms with Crippen molar-refractivity contribution in [2.24, 2.45) is 0 Å². The number of ether oxygens (including phenoxy) is 1. The summed E-state index contributed by atoms with van der Waals surface area (Å²) in [5, 5.41) is 0.513. The van der Waals surface area contributed by atoms with Crippen LogP contribution in [0.5, 0.6) is 5.75 Å². The van der Waals surface area contributed by atoms with Crippen LogP contribution in [-0.2, 0) is 0 Å². The molecule has 1 aliphatic heterocycles. The van der Waals surface area contributed by atoms with E-state index < -0.39 is 0 Å². The van der Waals surface area contributed by atoms with Gasteiger partial charge in [0.2, 0.25) is 0 Å². The number of urea groups is 1. The Morgan fingerprint density at radius 3 is 2.59 bits per heavy atom. The predicted octanol–water partition coefficient (Wildman–Crippen LogP) is 4.64. The number of amides is 2. The number of carbonyl (C=O) groups excluding carboxylic acids is 2. The van der Waals surface area contributed by atoms with E-state index in [-0.39, 0.29) is 24.4 Å². The lowest BCUT2D eigenvalue weighted by Crippen LogP contribution is -2.39. The van der Waals surface area contributed by atoms with E-state index >= 15 is 0 Å². The number of hydrogen-bond acceptors (Lipinski definition) is 3. The molecular weight excluding hydrogens is 364 g/mol. The van der Waals surface area contributed by atoms with E-state index in [1.54, 1.807) is 41.2 Å². The third-order valence-corrected chi connectivity index (χ3v) is 5.01. The number of Topliss-reactive ketones (excluding diaryl/α,β-unsaturated/α-hetero) is 1. The Morgan fingerprint density at radius 1 is 1.22 bits per heavy atom. The highest BCUT2D eigenvalue weighted by atomic mass is 35.5. The van der Waals surface area contributed by atoms with Crippen molar-refractivity contribution >= 4 is 29.1 Å². The Bertz CT molecular complexity index is 822. The highest BCUT2D eigenvalue weighted by Crippen LogP contribution is 2.28. The second-order valence-electron chi connectivity index (χ2n) is 6.60. The monoisotopic (exact) mass is 386 g/mol. The topological polar surface area (TPSA) is 49.9 Å². The first-order chi connectivity index (χ1) is 13.0. The number of halogens is 1. The Hall–Kier alpha value is -2.53. The molecule has 1 aliphatic rings. The molecule has 0 unspecified atom stereocenters. The zero-order valence-electron chi connectivity index (χ0n) is 15.5. The summed E-state index contributed by atoms with van der Waals surface area (Å²) in [6.07, 6.45) is 1.79. The molecule has 0 bridgehead atoms. The van der Waals surface area contributed by atoms with Crippen molar-refractivity contribution in [1.29, 1.82) is 0 Å². The van der Waals surface area contributed by atoms with Crippen LogP contribution in [0.4, 0.5) is 10.5 Å². The number of rotatable bonds is 7. The fraction of sp³-hybridized carbons (Fsp3) is 0.333. The molecule has 5 nitrogen and oxygen atoms in total. The van der Waals surface area contributed by atoms with Crippen molar-refractivity contribution in [3.05, 3.63) is 59.1 Å². The van der Waals surface area contributed by atoms with Crippen LogP contribution in [0.15, 0.2) is 48.5 Å². The smallest absolute Gasteiger partial charge is 0.325 e. The van der Waals surface area contributed by atoms with Gasteiger partial charge in [-0.2, -0.15) is 0 Å². The van der Waals surface area contributed by atoms with Gasteiger partial charge in [-0.25, -0.2) is 4.79 Å². The molecule has 0 N–H and O–H groups in total. The normalized spacial score (nSPS) is 16.7. The number of benzene rings is 2. The molecule has 6 heteroatoms. The van der Waals surface area contributed by atoms with Crippen LogP contribution in [0.1, 0.15) is 30.1 Å². The van der Waals surface area contributed by atoms with Crippen molar-refractivity contribution in [1.82, 2.24) is 4.90 Å². The van der Waals surface area contributed by atoms with E-state index in [1.807, 2.05) is 24.3 Å². The van der Waals surface area contributed by atoms with Crippen molar-refractivity contribution in [2.75, 3.05) is 25.1 Å². The van der Waals surface area contributed by atoms with Gasteiger partial charge in [-0.05, 0) is 42.8 Å². The van der Waals surface area contributed by atoms with Crippen LogP contribution in [0.25, 0.3) is 0 Å². The van der Waals surface area contributed by atoms with Crippen LogP contribution in [-0.4, -0.2) is 43.0 Å². The van der Waals surface area contributed by atoms with Crippen LogP contribution in [0.3, 0.4) is 0 Å². The number of methoxy groups -OCH3 is 1. The maximum Gasteiger partial charge on any atom is 0.325 e. The number of anilines is 1. The Morgan fingerprint density at radius 2 is 1.96 bits per heavy atom. The fourth-order valence-corrected chi connectivity index (χ4v) is 3.55. The zero-order chi connectivity index (χ0) is 19.4. The summed E-state index contributed by atoms with van der Waals surface area (Å²) in [5.74, 6) is 0.632. The molecule has 27 heavy (non-hydrogen) atoms. The fourth-order valence-electron chi connectivity index (χ4n) is 3.36. The van der Waals surface area contributed by atoms with Gasteiger partial charge in [-0.1, -0.05) is 37.1 Å². The zero-order valence-corrected chi connectivity index (χ0v) is 16.3.